The Kier molecular flexibility index (Phi) is 5.41. The van der Waals surface area contributed by atoms with E-state index < -0.39 is 0 Å². The maximum Gasteiger partial charge on any atom is 0.251 e. The normalized spacial score (nSPS) is 20.2. The molecule has 1 aliphatic heterocycles. The Morgan fingerprint density at radius 3 is 3.00 bits per heavy atom. The number of nitrogens with one attached hydrogen (secondary N) is 3. The number of piperidine rings is 1. The second-order valence-electron chi connectivity index (χ2n) is 5.59. The summed E-state index contributed by atoms with van der Waals surface area (Å²) in [6.07, 6.45) is 5.01. The lowest BCUT2D eigenvalue weighted by Crippen LogP contribution is -2.37. The number of amides is 1. The Balaban J connectivity index is 1.89. The van der Waals surface area contributed by atoms with Crippen molar-refractivity contribution in [3.63, 3.8) is 0 Å². The summed E-state index contributed by atoms with van der Waals surface area (Å²) in [4.78, 5) is 11.6. The Hall–Kier alpha value is -1.55. The largest absolute Gasteiger partial charge is 0.383 e. The van der Waals surface area contributed by atoms with Gasteiger partial charge in [-0.25, -0.2) is 0 Å². The number of carbonyl (C=O) groups excluding carboxylic acids is 1. The van der Waals surface area contributed by atoms with E-state index >= 15 is 0 Å². The summed E-state index contributed by atoms with van der Waals surface area (Å²) in [5.41, 5.74) is 1.70. The van der Waals surface area contributed by atoms with Gasteiger partial charge in [0.05, 0.1) is 0 Å². The number of carbonyl (C=O) groups is 1. The number of hydrogen-bond donors (Lipinski definition) is 3. The fourth-order valence-electron chi connectivity index (χ4n) is 2.79. The van der Waals surface area contributed by atoms with Crippen molar-refractivity contribution in [1.82, 2.24) is 10.6 Å². The molecule has 1 aromatic rings. The highest BCUT2D eigenvalue weighted by Gasteiger charge is 2.15. The van der Waals surface area contributed by atoms with Gasteiger partial charge in [0.2, 0.25) is 0 Å². The number of benzene rings is 1. The first-order chi connectivity index (χ1) is 9.69. The van der Waals surface area contributed by atoms with Crippen LogP contribution in [0.3, 0.4) is 0 Å². The van der Waals surface area contributed by atoms with Crippen molar-refractivity contribution in [2.45, 2.75) is 44.7 Å². The van der Waals surface area contributed by atoms with Gasteiger partial charge in [-0.2, -0.15) is 0 Å². The molecule has 0 radical (unpaired) electrons. The van der Waals surface area contributed by atoms with E-state index in [1.165, 1.54) is 19.3 Å². The molecular formula is C16H25N3O. The van der Waals surface area contributed by atoms with Gasteiger partial charge in [0, 0.05) is 30.4 Å². The van der Waals surface area contributed by atoms with Gasteiger partial charge in [-0.1, -0.05) is 12.5 Å². The van der Waals surface area contributed by atoms with E-state index in [0.717, 1.165) is 18.7 Å². The first-order valence-corrected chi connectivity index (χ1v) is 7.51. The summed E-state index contributed by atoms with van der Waals surface area (Å²) in [5, 5.41) is 9.71. The fraction of sp³-hybridized carbons (Fsp3) is 0.562. The summed E-state index contributed by atoms with van der Waals surface area (Å²) >= 11 is 0. The van der Waals surface area contributed by atoms with E-state index in [1.807, 2.05) is 24.3 Å². The summed E-state index contributed by atoms with van der Waals surface area (Å²) < 4.78 is 0. The maximum absolute atomic E-state index is 11.6. The SMILES string of the molecule is CNC(=O)c1cccc(NC(C)CC2CCCCN2)c1. The van der Waals surface area contributed by atoms with Crippen LogP contribution in [-0.2, 0) is 0 Å². The molecule has 0 aliphatic carbocycles. The standard InChI is InChI=1S/C16H25N3O/c1-12(10-14-7-3-4-9-18-14)19-15-8-5-6-13(11-15)16(20)17-2/h5-6,8,11-12,14,18-19H,3-4,7,9-10H2,1-2H3,(H,17,20). The van der Waals surface area contributed by atoms with Gasteiger partial charge in [0.1, 0.15) is 0 Å². The van der Waals surface area contributed by atoms with Crippen LogP contribution in [0.5, 0.6) is 0 Å². The molecule has 110 valence electrons. The molecule has 1 heterocycles. The first-order valence-electron chi connectivity index (χ1n) is 7.51. The quantitative estimate of drug-likeness (QED) is 0.773. The van der Waals surface area contributed by atoms with Crippen molar-refractivity contribution >= 4 is 11.6 Å². The van der Waals surface area contributed by atoms with Gasteiger partial charge in [-0.05, 0) is 50.9 Å². The lowest BCUT2D eigenvalue weighted by molar-refractivity contribution is 0.0963. The van der Waals surface area contributed by atoms with Gasteiger partial charge < -0.3 is 16.0 Å². The van der Waals surface area contributed by atoms with Crippen LogP contribution in [0.25, 0.3) is 0 Å². The molecule has 1 aromatic carbocycles. The molecule has 20 heavy (non-hydrogen) atoms. The van der Waals surface area contributed by atoms with Gasteiger partial charge in [-0.3, -0.25) is 4.79 Å². The minimum absolute atomic E-state index is 0.0461. The van der Waals surface area contributed by atoms with E-state index in [1.54, 1.807) is 7.05 Å². The summed E-state index contributed by atoms with van der Waals surface area (Å²) in [7, 11) is 1.65. The minimum Gasteiger partial charge on any atom is -0.383 e. The molecular weight excluding hydrogens is 250 g/mol. The van der Waals surface area contributed by atoms with Crippen molar-refractivity contribution in [3.8, 4) is 0 Å². The van der Waals surface area contributed by atoms with Crippen LogP contribution in [0.2, 0.25) is 0 Å². The lowest BCUT2D eigenvalue weighted by atomic mass is 9.98. The first kappa shape index (κ1) is 14.9. The van der Waals surface area contributed by atoms with E-state index in [2.05, 4.69) is 22.9 Å². The van der Waals surface area contributed by atoms with Gasteiger partial charge in [0.25, 0.3) is 5.91 Å². The van der Waals surface area contributed by atoms with Crippen LogP contribution in [0.1, 0.15) is 43.0 Å². The van der Waals surface area contributed by atoms with E-state index in [-0.39, 0.29) is 5.91 Å². The molecule has 2 unspecified atom stereocenters. The molecule has 1 saturated heterocycles. The number of hydrogen-bond acceptors (Lipinski definition) is 3. The van der Waals surface area contributed by atoms with Crippen LogP contribution < -0.4 is 16.0 Å². The van der Waals surface area contributed by atoms with Crippen molar-refractivity contribution in [2.24, 2.45) is 0 Å². The van der Waals surface area contributed by atoms with Crippen molar-refractivity contribution in [1.29, 1.82) is 0 Å². The molecule has 0 spiro atoms. The van der Waals surface area contributed by atoms with Gasteiger partial charge in [0.15, 0.2) is 0 Å². The topological polar surface area (TPSA) is 53.2 Å². The average Bonchev–Trinajstić information content (AvgIpc) is 2.47. The monoisotopic (exact) mass is 275 g/mol. The third kappa shape index (κ3) is 4.23. The molecule has 4 nitrogen and oxygen atoms in total. The minimum atomic E-state index is -0.0461. The van der Waals surface area contributed by atoms with Crippen molar-refractivity contribution in [2.75, 3.05) is 18.9 Å². The molecule has 1 fully saturated rings. The van der Waals surface area contributed by atoms with E-state index in [9.17, 15) is 4.79 Å². The third-order valence-electron chi connectivity index (χ3n) is 3.82. The van der Waals surface area contributed by atoms with Crippen LogP contribution in [0.4, 0.5) is 5.69 Å². The third-order valence-corrected chi connectivity index (χ3v) is 3.82. The summed E-state index contributed by atoms with van der Waals surface area (Å²) in [6, 6.07) is 8.68. The van der Waals surface area contributed by atoms with Gasteiger partial charge in [-0.15, -0.1) is 0 Å². The Morgan fingerprint density at radius 2 is 2.30 bits per heavy atom. The highest BCUT2D eigenvalue weighted by atomic mass is 16.1. The fourth-order valence-corrected chi connectivity index (χ4v) is 2.79. The molecule has 0 bridgehead atoms. The molecule has 0 aromatic heterocycles. The predicted octanol–water partition coefficient (Wildman–Crippen LogP) is 2.38. The average molecular weight is 275 g/mol. The number of rotatable bonds is 5. The zero-order chi connectivity index (χ0) is 14.4. The zero-order valence-electron chi connectivity index (χ0n) is 12.4. The lowest BCUT2D eigenvalue weighted by Gasteiger charge is -2.27. The Morgan fingerprint density at radius 1 is 1.45 bits per heavy atom. The second-order valence-corrected chi connectivity index (χ2v) is 5.59. The van der Waals surface area contributed by atoms with Gasteiger partial charge >= 0.3 is 0 Å². The highest BCUT2D eigenvalue weighted by molar-refractivity contribution is 5.94. The molecule has 1 amide bonds. The Labute approximate surface area is 121 Å². The summed E-state index contributed by atoms with van der Waals surface area (Å²) in [5.74, 6) is -0.0461. The summed E-state index contributed by atoms with van der Waals surface area (Å²) in [6.45, 7) is 3.34. The van der Waals surface area contributed by atoms with Crippen LogP contribution >= 0.6 is 0 Å². The van der Waals surface area contributed by atoms with Crippen molar-refractivity contribution < 1.29 is 4.79 Å². The van der Waals surface area contributed by atoms with Crippen molar-refractivity contribution in [3.05, 3.63) is 29.8 Å². The molecule has 2 rings (SSSR count). The number of anilines is 1. The smallest absolute Gasteiger partial charge is 0.251 e. The van der Waals surface area contributed by atoms with Crippen LogP contribution in [0.15, 0.2) is 24.3 Å². The molecule has 2 atom stereocenters. The zero-order valence-corrected chi connectivity index (χ0v) is 12.4. The van der Waals surface area contributed by atoms with E-state index in [4.69, 9.17) is 0 Å². The molecule has 4 heteroatoms. The maximum atomic E-state index is 11.6. The molecule has 0 saturated carbocycles. The van der Waals surface area contributed by atoms with E-state index in [0.29, 0.717) is 17.6 Å². The Bertz CT molecular complexity index is 441. The molecule has 1 aliphatic rings. The molecule has 3 N–H and O–H groups in total. The second kappa shape index (κ2) is 7.29. The predicted molar refractivity (Wildman–Crippen MR) is 83.2 cm³/mol. The van der Waals surface area contributed by atoms with Crippen LogP contribution in [0, 0.1) is 0 Å². The highest BCUT2D eigenvalue weighted by Crippen LogP contribution is 2.16. The van der Waals surface area contributed by atoms with Crippen LogP contribution in [-0.4, -0.2) is 31.6 Å².